The Morgan fingerprint density at radius 2 is 1.70 bits per heavy atom. The van der Waals surface area contributed by atoms with Crippen LogP contribution in [-0.4, -0.2) is 37.6 Å². The summed E-state index contributed by atoms with van der Waals surface area (Å²) in [6.45, 7) is 0.179. The summed E-state index contributed by atoms with van der Waals surface area (Å²) in [7, 11) is 4.61. The highest BCUT2D eigenvalue weighted by molar-refractivity contribution is 7.15. The van der Waals surface area contributed by atoms with Gasteiger partial charge in [0, 0.05) is 11.1 Å². The first kappa shape index (κ1) is 21.5. The van der Waals surface area contributed by atoms with Crippen molar-refractivity contribution < 1.29 is 23.7 Å². The standard InChI is InChI=1S/C19H19ClN4O5S/c1-26-14-6-4-11(20)8-13(14)21-18(25)22-19-24-23-17(30-19)10-29-12-5-7-15(27-2)16(9-12)28-3/h4-9H,10H2,1-3H3,(H2,21,22,24,25). The number of methoxy groups -OCH3 is 3. The van der Waals surface area contributed by atoms with Gasteiger partial charge in [0.1, 0.15) is 18.1 Å². The normalized spacial score (nSPS) is 10.3. The molecule has 0 radical (unpaired) electrons. The summed E-state index contributed by atoms with van der Waals surface area (Å²) in [6, 6.07) is 9.63. The quantitative estimate of drug-likeness (QED) is 0.522. The third kappa shape index (κ3) is 5.43. The van der Waals surface area contributed by atoms with Gasteiger partial charge < -0.3 is 24.3 Å². The number of rotatable bonds is 8. The first-order valence-electron chi connectivity index (χ1n) is 8.61. The van der Waals surface area contributed by atoms with E-state index in [2.05, 4.69) is 20.8 Å². The molecular formula is C19H19ClN4O5S. The Kier molecular flexibility index (Phi) is 7.15. The zero-order valence-electron chi connectivity index (χ0n) is 16.4. The van der Waals surface area contributed by atoms with E-state index < -0.39 is 6.03 Å². The zero-order chi connectivity index (χ0) is 21.5. The lowest BCUT2D eigenvalue weighted by Gasteiger charge is -2.10. The molecule has 3 rings (SSSR count). The smallest absolute Gasteiger partial charge is 0.325 e. The molecule has 0 aliphatic rings. The number of carbonyl (C=O) groups excluding carboxylic acids is 1. The molecule has 3 aromatic rings. The Bertz CT molecular complexity index is 1030. The van der Waals surface area contributed by atoms with Crippen molar-refractivity contribution in [2.24, 2.45) is 0 Å². The van der Waals surface area contributed by atoms with E-state index in [1.54, 1.807) is 50.6 Å². The number of nitrogens with one attached hydrogen (secondary N) is 2. The average molecular weight is 451 g/mol. The molecule has 0 saturated heterocycles. The maximum Gasteiger partial charge on any atom is 0.325 e. The lowest BCUT2D eigenvalue weighted by molar-refractivity contribution is 0.262. The largest absolute Gasteiger partial charge is 0.495 e. The molecule has 0 unspecified atom stereocenters. The van der Waals surface area contributed by atoms with Crippen molar-refractivity contribution in [2.75, 3.05) is 32.0 Å². The van der Waals surface area contributed by atoms with Gasteiger partial charge in [-0.15, -0.1) is 10.2 Å². The number of ether oxygens (including phenoxy) is 4. The fourth-order valence-corrected chi connectivity index (χ4v) is 3.26. The molecule has 0 fully saturated rings. The van der Waals surface area contributed by atoms with E-state index in [1.165, 1.54) is 18.4 Å². The van der Waals surface area contributed by atoms with Crippen LogP contribution in [0.3, 0.4) is 0 Å². The van der Waals surface area contributed by atoms with Crippen molar-refractivity contribution in [1.82, 2.24) is 10.2 Å². The molecule has 11 heteroatoms. The molecule has 2 aromatic carbocycles. The van der Waals surface area contributed by atoms with Crippen molar-refractivity contribution >= 4 is 39.8 Å². The maximum absolute atomic E-state index is 12.2. The summed E-state index contributed by atoms with van der Waals surface area (Å²) in [4.78, 5) is 12.2. The van der Waals surface area contributed by atoms with Crippen molar-refractivity contribution in [3.63, 3.8) is 0 Å². The van der Waals surface area contributed by atoms with Crippen LogP contribution in [0.15, 0.2) is 36.4 Å². The van der Waals surface area contributed by atoms with E-state index >= 15 is 0 Å². The van der Waals surface area contributed by atoms with E-state index in [0.717, 1.165) is 0 Å². The Morgan fingerprint density at radius 1 is 0.967 bits per heavy atom. The molecule has 9 nitrogen and oxygen atoms in total. The predicted molar refractivity (Wildman–Crippen MR) is 114 cm³/mol. The van der Waals surface area contributed by atoms with E-state index in [9.17, 15) is 4.79 Å². The number of aromatic nitrogens is 2. The van der Waals surface area contributed by atoms with Gasteiger partial charge in [-0.25, -0.2) is 4.79 Å². The van der Waals surface area contributed by atoms with Crippen molar-refractivity contribution in [2.45, 2.75) is 6.61 Å². The number of hydrogen-bond acceptors (Lipinski definition) is 8. The summed E-state index contributed by atoms with van der Waals surface area (Å²) in [6.07, 6.45) is 0. The molecule has 0 spiro atoms. The van der Waals surface area contributed by atoms with Crippen LogP contribution in [0.1, 0.15) is 5.01 Å². The highest BCUT2D eigenvalue weighted by Crippen LogP contribution is 2.31. The van der Waals surface area contributed by atoms with Gasteiger partial charge in [-0.3, -0.25) is 5.32 Å². The van der Waals surface area contributed by atoms with Crippen molar-refractivity contribution in [3.8, 4) is 23.0 Å². The Labute approximate surface area is 181 Å². The van der Waals surface area contributed by atoms with E-state index in [4.69, 9.17) is 30.5 Å². The average Bonchev–Trinajstić information content (AvgIpc) is 3.19. The number of benzene rings is 2. The van der Waals surface area contributed by atoms with E-state index in [-0.39, 0.29) is 6.61 Å². The minimum absolute atomic E-state index is 0.179. The molecule has 0 saturated carbocycles. The lowest BCUT2D eigenvalue weighted by atomic mass is 10.3. The van der Waals surface area contributed by atoms with Gasteiger partial charge in [0.2, 0.25) is 5.13 Å². The van der Waals surface area contributed by atoms with Crippen LogP contribution in [-0.2, 0) is 6.61 Å². The van der Waals surface area contributed by atoms with Crippen LogP contribution < -0.4 is 29.6 Å². The number of carbonyl (C=O) groups is 1. The summed E-state index contributed by atoms with van der Waals surface area (Å²) < 4.78 is 21.3. The molecule has 158 valence electrons. The summed E-state index contributed by atoms with van der Waals surface area (Å²) in [5.41, 5.74) is 0.434. The molecule has 30 heavy (non-hydrogen) atoms. The van der Waals surface area contributed by atoms with Crippen LogP contribution in [0, 0.1) is 0 Å². The summed E-state index contributed by atoms with van der Waals surface area (Å²) >= 11 is 7.16. The minimum Gasteiger partial charge on any atom is -0.495 e. The van der Waals surface area contributed by atoms with Gasteiger partial charge in [0.15, 0.2) is 16.5 Å². The van der Waals surface area contributed by atoms with Gasteiger partial charge in [-0.1, -0.05) is 22.9 Å². The Hall–Kier alpha value is -3.24. The molecule has 0 aliphatic heterocycles. The monoisotopic (exact) mass is 450 g/mol. The number of hydrogen-bond donors (Lipinski definition) is 2. The summed E-state index contributed by atoms with van der Waals surface area (Å²) in [5.74, 6) is 2.23. The first-order chi connectivity index (χ1) is 14.5. The molecule has 2 amide bonds. The predicted octanol–water partition coefficient (Wildman–Crippen LogP) is 4.44. The zero-order valence-corrected chi connectivity index (χ0v) is 18.0. The molecule has 2 N–H and O–H groups in total. The summed E-state index contributed by atoms with van der Waals surface area (Å²) in [5, 5.41) is 14.6. The van der Waals surface area contributed by atoms with Crippen LogP contribution >= 0.6 is 22.9 Å². The van der Waals surface area contributed by atoms with Gasteiger partial charge in [-0.2, -0.15) is 0 Å². The third-order valence-corrected chi connectivity index (χ3v) is 4.86. The molecule has 0 bridgehead atoms. The molecule has 0 aliphatic carbocycles. The van der Waals surface area contributed by atoms with Crippen molar-refractivity contribution in [1.29, 1.82) is 0 Å². The highest BCUT2D eigenvalue weighted by Gasteiger charge is 2.12. The van der Waals surface area contributed by atoms with Crippen LogP contribution in [0.25, 0.3) is 0 Å². The Morgan fingerprint density at radius 3 is 2.43 bits per heavy atom. The fourth-order valence-electron chi connectivity index (χ4n) is 2.44. The minimum atomic E-state index is -0.501. The van der Waals surface area contributed by atoms with E-state index in [0.29, 0.717) is 43.8 Å². The number of anilines is 2. The van der Waals surface area contributed by atoms with Gasteiger partial charge in [0.05, 0.1) is 27.0 Å². The highest BCUT2D eigenvalue weighted by atomic mass is 35.5. The van der Waals surface area contributed by atoms with Crippen LogP contribution in [0.5, 0.6) is 23.0 Å². The number of nitrogens with zero attached hydrogens (tertiary/aromatic N) is 2. The van der Waals surface area contributed by atoms with Crippen LogP contribution in [0.4, 0.5) is 15.6 Å². The number of urea groups is 1. The SMILES string of the molecule is COc1ccc(Cl)cc1NC(=O)Nc1nnc(COc2ccc(OC)c(OC)c2)s1. The topological polar surface area (TPSA) is 104 Å². The maximum atomic E-state index is 12.2. The van der Waals surface area contributed by atoms with Gasteiger partial charge >= 0.3 is 6.03 Å². The second-order valence-electron chi connectivity index (χ2n) is 5.73. The second-order valence-corrected chi connectivity index (χ2v) is 7.23. The molecule has 0 atom stereocenters. The Balaban J connectivity index is 1.57. The lowest BCUT2D eigenvalue weighted by Crippen LogP contribution is -2.19. The fraction of sp³-hybridized carbons (Fsp3) is 0.211. The number of halogens is 1. The van der Waals surface area contributed by atoms with Crippen molar-refractivity contribution in [3.05, 3.63) is 46.4 Å². The third-order valence-electron chi connectivity index (χ3n) is 3.81. The van der Waals surface area contributed by atoms with E-state index in [1.807, 2.05) is 0 Å². The second kappa shape index (κ2) is 9.99. The molecular weight excluding hydrogens is 432 g/mol. The molecule has 1 heterocycles. The first-order valence-corrected chi connectivity index (χ1v) is 9.80. The van der Waals surface area contributed by atoms with Crippen LogP contribution in [0.2, 0.25) is 5.02 Å². The van der Waals surface area contributed by atoms with Gasteiger partial charge in [-0.05, 0) is 30.3 Å². The number of amides is 2. The molecule has 1 aromatic heterocycles. The van der Waals surface area contributed by atoms with Gasteiger partial charge in [0.25, 0.3) is 0 Å².